The lowest BCUT2D eigenvalue weighted by Crippen LogP contribution is -2.21. The Bertz CT molecular complexity index is 841. The molecule has 2 N–H and O–H groups in total. The molecule has 0 aromatic heterocycles. The van der Waals surface area contributed by atoms with E-state index in [0.29, 0.717) is 0 Å². The van der Waals surface area contributed by atoms with Crippen molar-refractivity contribution in [2.24, 2.45) is 0 Å². The summed E-state index contributed by atoms with van der Waals surface area (Å²) in [6.07, 6.45) is -4.55. The minimum atomic E-state index is -4.55. The molecular weight excluding hydrogens is 363 g/mol. The minimum Gasteiger partial charge on any atom is -0.307 e. The van der Waals surface area contributed by atoms with E-state index in [1.54, 1.807) is 0 Å². The molecule has 0 unspecified atom stereocenters. The smallest absolute Gasteiger partial charge is 0.307 e. The number of urea groups is 1. The average molecular weight is 374 g/mol. The number of carbonyl (C=O) groups is 1. The second kappa shape index (κ2) is 6.98. The number of benzene rings is 2. The standard InChI is InChI=1S/C15H11ClF3N3O3/c1-8-10(15(17,18)19)3-2-4-12(8)21-14(23)20-9-5-6-11(16)13(7-9)22(24)25/h2-7H,1H3,(H2,20,21,23). The first-order valence-corrected chi connectivity index (χ1v) is 7.16. The number of halogens is 4. The number of hydrogen-bond donors (Lipinski definition) is 2. The normalized spacial score (nSPS) is 11.1. The highest BCUT2D eigenvalue weighted by atomic mass is 35.5. The van der Waals surface area contributed by atoms with Crippen LogP contribution in [0, 0.1) is 17.0 Å². The number of alkyl halides is 3. The monoisotopic (exact) mass is 373 g/mol. The number of nitro benzene ring substituents is 1. The maximum absolute atomic E-state index is 12.9. The number of amides is 2. The topological polar surface area (TPSA) is 84.3 Å². The zero-order chi connectivity index (χ0) is 18.8. The first-order valence-electron chi connectivity index (χ1n) is 6.78. The third-order valence-corrected chi connectivity index (χ3v) is 3.61. The summed E-state index contributed by atoms with van der Waals surface area (Å²) in [6.45, 7) is 1.23. The second-order valence-electron chi connectivity index (χ2n) is 4.98. The summed E-state index contributed by atoms with van der Waals surface area (Å²) in [4.78, 5) is 22.0. The zero-order valence-electron chi connectivity index (χ0n) is 12.6. The van der Waals surface area contributed by atoms with E-state index < -0.39 is 28.4 Å². The number of hydrogen-bond acceptors (Lipinski definition) is 3. The van der Waals surface area contributed by atoms with Crippen LogP contribution in [0.4, 0.5) is 35.0 Å². The molecule has 10 heteroatoms. The number of anilines is 2. The largest absolute Gasteiger partial charge is 0.416 e. The lowest BCUT2D eigenvalue weighted by atomic mass is 10.1. The molecule has 0 spiro atoms. The van der Waals surface area contributed by atoms with Gasteiger partial charge in [0.2, 0.25) is 0 Å². The summed E-state index contributed by atoms with van der Waals surface area (Å²) in [5.74, 6) is 0. The van der Waals surface area contributed by atoms with Gasteiger partial charge >= 0.3 is 12.2 Å². The van der Waals surface area contributed by atoms with Crippen LogP contribution in [0.3, 0.4) is 0 Å². The van der Waals surface area contributed by atoms with E-state index in [4.69, 9.17) is 11.6 Å². The summed E-state index contributed by atoms with van der Waals surface area (Å²) in [5.41, 5.74) is -1.39. The van der Waals surface area contributed by atoms with Crippen molar-refractivity contribution < 1.29 is 22.9 Å². The molecule has 0 bridgehead atoms. The van der Waals surface area contributed by atoms with Crippen molar-refractivity contribution in [3.63, 3.8) is 0 Å². The summed E-state index contributed by atoms with van der Waals surface area (Å²) in [6, 6.07) is 6.13. The molecule has 0 radical (unpaired) electrons. The van der Waals surface area contributed by atoms with Crippen LogP contribution in [0.25, 0.3) is 0 Å². The van der Waals surface area contributed by atoms with Gasteiger partial charge in [-0.2, -0.15) is 13.2 Å². The highest BCUT2D eigenvalue weighted by molar-refractivity contribution is 6.32. The van der Waals surface area contributed by atoms with Crippen molar-refractivity contribution in [1.82, 2.24) is 0 Å². The van der Waals surface area contributed by atoms with Crippen LogP contribution in [0.15, 0.2) is 36.4 Å². The van der Waals surface area contributed by atoms with E-state index in [9.17, 15) is 28.1 Å². The lowest BCUT2D eigenvalue weighted by molar-refractivity contribution is -0.384. The van der Waals surface area contributed by atoms with Crippen molar-refractivity contribution >= 4 is 34.7 Å². The van der Waals surface area contributed by atoms with Crippen LogP contribution in [0.1, 0.15) is 11.1 Å². The number of nitro groups is 1. The number of rotatable bonds is 3. The Balaban J connectivity index is 2.19. The highest BCUT2D eigenvalue weighted by Gasteiger charge is 2.33. The van der Waals surface area contributed by atoms with Crippen LogP contribution >= 0.6 is 11.6 Å². The lowest BCUT2D eigenvalue weighted by Gasteiger charge is -2.15. The van der Waals surface area contributed by atoms with Gasteiger partial charge in [-0.05, 0) is 36.8 Å². The summed E-state index contributed by atoms with van der Waals surface area (Å²) < 4.78 is 38.6. The van der Waals surface area contributed by atoms with Crippen LogP contribution in [0.5, 0.6) is 0 Å². The third-order valence-electron chi connectivity index (χ3n) is 3.29. The summed E-state index contributed by atoms with van der Waals surface area (Å²) >= 11 is 5.66. The van der Waals surface area contributed by atoms with Gasteiger partial charge in [0.05, 0.1) is 10.5 Å². The number of carbonyl (C=O) groups excluding carboxylic acids is 1. The van der Waals surface area contributed by atoms with E-state index >= 15 is 0 Å². The molecule has 0 aliphatic rings. The molecule has 0 fully saturated rings. The maximum atomic E-state index is 12.9. The molecule has 0 aliphatic heterocycles. The average Bonchev–Trinajstić information content (AvgIpc) is 2.49. The molecular formula is C15H11ClF3N3O3. The van der Waals surface area contributed by atoms with Gasteiger partial charge in [0.25, 0.3) is 5.69 Å². The SMILES string of the molecule is Cc1c(NC(=O)Nc2ccc(Cl)c([N+](=O)[O-])c2)cccc1C(F)(F)F. The Kier molecular flexibility index (Phi) is 5.17. The molecule has 0 saturated heterocycles. The molecule has 0 atom stereocenters. The summed E-state index contributed by atoms with van der Waals surface area (Å²) in [7, 11) is 0. The van der Waals surface area contributed by atoms with E-state index in [-0.39, 0.29) is 22.0 Å². The van der Waals surface area contributed by atoms with Crippen LogP contribution < -0.4 is 10.6 Å². The van der Waals surface area contributed by atoms with Crippen molar-refractivity contribution in [2.45, 2.75) is 13.1 Å². The highest BCUT2D eigenvalue weighted by Crippen LogP contribution is 2.34. The van der Waals surface area contributed by atoms with Crippen LogP contribution in [-0.2, 0) is 6.18 Å². The minimum absolute atomic E-state index is 0.0317. The maximum Gasteiger partial charge on any atom is 0.416 e. The van der Waals surface area contributed by atoms with Gasteiger partial charge in [-0.15, -0.1) is 0 Å². The van der Waals surface area contributed by atoms with Gasteiger partial charge in [-0.25, -0.2) is 4.79 Å². The van der Waals surface area contributed by atoms with Crippen molar-refractivity contribution in [3.8, 4) is 0 Å². The molecule has 132 valence electrons. The predicted octanol–water partition coefficient (Wildman–Crippen LogP) is 5.22. The van der Waals surface area contributed by atoms with Crippen LogP contribution in [-0.4, -0.2) is 11.0 Å². The van der Waals surface area contributed by atoms with E-state index in [1.807, 2.05) is 0 Å². The summed E-state index contributed by atoms with van der Waals surface area (Å²) in [5, 5.41) is 15.3. The molecule has 2 amide bonds. The Hall–Kier alpha value is -2.81. The molecule has 0 heterocycles. The Morgan fingerprint density at radius 1 is 1.20 bits per heavy atom. The first kappa shape index (κ1) is 18.5. The first-order chi connectivity index (χ1) is 11.6. The van der Waals surface area contributed by atoms with E-state index in [1.165, 1.54) is 31.2 Å². The number of nitrogens with zero attached hydrogens (tertiary/aromatic N) is 1. The molecule has 2 rings (SSSR count). The molecule has 2 aromatic rings. The van der Waals surface area contributed by atoms with Crippen molar-refractivity contribution in [2.75, 3.05) is 10.6 Å². The Morgan fingerprint density at radius 2 is 1.88 bits per heavy atom. The van der Waals surface area contributed by atoms with E-state index in [0.717, 1.165) is 12.1 Å². The second-order valence-corrected chi connectivity index (χ2v) is 5.39. The zero-order valence-corrected chi connectivity index (χ0v) is 13.4. The fraction of sp³-hybridized carbons (Fsp3) is 0.133. The van der Waals surface area contributed by atoms with Gasteiger partial charge in [0.15, 0.2) is 0 Å². The Morgan fingerprint density at radius 3 is 2.48 bits per heavy atom. The quantitative estimate of drug-likeness (QED) is 0.571. The molecule has 2 aromatic carbocycles. The molecule has 0 saturated carbocycles. The fourth-order valence-corrected chi connectivity index (χ4v) is 2.28. The number of nitrogens with one attached hydrogen (secondary N) is 2. The Labute approximate surface area is 144 Å². The van der Waals surface area contributed by atoms with Crippen molar-refractivity contribution in [3.05, 3.63) is 62.7 Å². The van der Waals surface area contributed by atoms with Gasteiger partial charge in [0, 0.05) is 17.4 Å². The molecule has 0 aliphatic carbocycles. The third kappa shape index (κ3) is 4.38. The van der Waals surface area contributed by atoms with Gasteiger partial charge in [-0.1, -0.05) is 17.7 Å². The predicted molar refractivity (Wildman–Crippen MR) is 86.9 cm³/mol. The fourth-order valence-electron chi connectivity index (χ4n) is 2.09. The van der Waals surface area contributed by atoms with Gasteiger partial charge in [-0.3, -0.25) is 10.1 Å². The van der Waals surface area contributed by atoms with Crippen molar-refractivity contribution in [1.29, 1.82) is 0 Å². The molecule has 25 heavy (non-hydrogen) atoms. The van der Waals surface area contributed by atoms with E-state index in [2.05, 4.69) is 10.6 Å². The molecule has 6 nitrogen and oxygen atoms in total. The van der Waals surface area contributed by atoms with Gasteiger partial charge in [0.1, 0.15) is 5.02 Å². The van der Waals surface area contributed by atoms with Crippen LogP contribution in [0.2, 0.25) is 5.02 Å². The van der Waals surface area contributed by atoms with Gasteiger partial charge < -0.3 is 10.6 Å².